The van der Waals surface area contributed by atoms with Crippen LogP contribution in [0.25, 0.3) is 16.6 Å². The Balaban J connectivity index is 1.18. The zero-order valence-electron chi connectivity index (χ0n) is 21.9. The van der Waals surface area contributed by atoms with Gasteiger partial charge in [-0.2, -0.15) is 5.10 Å². The molecule has 1 fully saturated rings. The van der Waals surface area contributed by atoms with Crippen LogP contribution in [0.3, 0.4) is 0 Å². The fourth-order valence-corrected chi connectivity index (χ4v) is 4.94. The quantitative estimate of drug-likeness (QED) is 0.277. The second kappa shape index (κ2) is 10.6. The highest BCUT2D eigenvalue weighted by molar-refractivity contribution is 5.94. The van der Waals surface area contributed by atoms with Crippen LogP contribution in [0.1, 0.15) is 24.0 Å². The molecule has 4 heterocycles. The van der Waals surface area contributed by atoms with E-state index in [0.717, 1.165) is 52.1 Å². The minimum atomic E-state index is 0.0929. The molecule has 1 aliphatic heterocycles. The Bertz CT molecular complexity index is 1690. The van der Waals surface area contributed by atoms with Crippen LogP contribution in [0.4, 0.5) is 11.5 Å². The highest BCUT2D eigenvalue weighted by atomic mass is 16.5. The van der Waals surface area contributed by atoms with Gasteiger partial charge in [-0.3, -0.25) is 9.69 Å². The number of ether oxygens (including phenoxy) is 1. The molecule has 0 saturated carbocycles. The fourth-order valence-electron chi connectivity index (χ4n) is 4.94. The Morgan fingerprint density at radius 1 is 1.10 bits per heavy atom. The minimum absolute atomic E-state index is 0.0929. The topological polar surface area (TPSA) is 97.5 Å². The number of rotatable bonds is 8. The second-order valence-electron chi connectivity index (χ2n) is 9.90. The fraction of sp³-hybridized carbons (Fsp3) is 0.233. The number of nitrogens with zero attached hydrogens (tertiary/aromatic N) is 6. The molecule has 39 heavy (non-hydrogen) atoms. The van der Waals surface area contributed by atoms with E-state index in [0.29, 0.717) is 24.0 Å². The number of carbonyl (C=O) groups excluding carboxylic acids is 1. The average molecular weight is 520 g/mol. The number of nitrogens with one attached hydrogen (secondary N) is 1. The van der Waals surface area contributed by atoms with E-state index in [4.69, 9.17) is 4.74 Å². The Hall–Kier alpha value is -4.63. The van der Waals surface area contributed by atoms with E-state index in [2.05, 4.69) is 37.3 Å². The van der Waals surface area contributed by atoms with Crippen LogP contribution >= 0.6 is 0 Å². The van der Waals surface area contributed by atoms with Crippen LogP contribution in [0.2, 0.25) is 0 Å². The standard InChI is InChI=1S/C30H29N7O2/c1-20-14-22(6-10-28(20)39-25-11-13-37-29(17-25)32-19-34-37)35-30-26-16-21(5-9-27(26)31-18-33-30)15-24(38)8-7-23-4-3-12-36(23)2/h5-11,13-14,16-19,23H,3-4,12,15H2,1-2H3,(H,31,33,35)/b8-7+/t23-/m1/s1. The number of likely N-dealkylation sites (tertiary alicyclic amines) is 1. The molecule has 0 unspecified atom stereocenters. The molecular weight excluding hydrogens is 490 g/mol. The number of fused-ring (bicyclic) bond motifs is 2. The van der Waals surface area contributed by atoms with Crippen LogP contribution in [-0.4, -0.2) is 54.9 Å². The van der Waals surface area contributed by atoms with Gasteiger partial charge >= 0.3 is 0 Å². The van der Waals surface area contributed by atoms with Crippen molar-refractivity contribution in [1.29, 1.82) is 0 Å². The number of aryl methyl sites for hydroxylation is 1. The summed E-state index contributed by atoms with van der Waals surface area (Å²) in [5, 5.41) is 8.39. The van der Waals surface area contributed by atoms with Crippen molar-refractivity contribution in [3.8, 4) is 11.5 Å². The molecule has 1 aliphatic rings. The van der Waals surface area contributed by atoms with Crippen LogP contribution in [0.5, 0.6) is 11.5 Å². The summed E-state index contributed by atoms with van der Waals surface area (Å²) in [6.45, 7) is 3.08. The molecule has 0 amide bonds. The number of pyridine rings is 1. The van der Waals surface area contributed by atoms with E-state index in [1.165, 1.54) is 12.7 Å². The van der Waals surface area contributed by atoms with Crippen LogP contribution in [0.15, 0.2) is 79.5 Å². The summed E-state index contributed by atoms with van der Waals surface area (Å²) in [5.41, 5.74) is 4.30. The van der Waals surface area contributed by atoms with Crippen LogP contribution < -0.4 is 10.1 Å². The number of allylic oxidation sites excluding steroid dienone is 1. The first kappa shape index (κ1) is 24.7. The molecule has 1 N–H and O–H groups in total. The molecule has 0 spiro atoms. The van der Waals surface area contributed by atoms with Crippen molar-refractivity contribution in [1.82, 2.24) is 29.5 Å². The smallest absolute Gasteiger partial charge is 0.159 e. The maximum atomic E-state index is 12.7. The molecule has 1 atom stereocenters. The van der Waals surface area contributed by atoms with E-state index in [1.54, 1.807) is 16.9 Å². The maximum absolute atomic E-state index is 12.7. The molecule has 6 rings (SSSR count). The summed E-state index contributed by atoms with van der Waals surface area (Å²) >= 11 is 0. The van der Waals surface area contributed by atoms with Gasteiger partial charge in [-0.25, -0.2) is 19.5 Å². The Morgan fingerprint density at radius 3 is 2.87 bits per heavy atom. The van der Waals surface area contributed by atoms with Crippen molar-refractivity contribution >= 4 is 33.8 Å². The Labute approximate surface area is 226 Å². The van der Waals surface area contributed by atoms with Crippen molar-refractivity contribution in [3.05, 3.63) is 90.7 Å². The lowest BCUT2D eigenvalue weighted by Gasteiger charge is -2.14. The molecule has 196 valence electrons. The lowest BCUT2D eigenvalue weighted by Crippen LogP contribution is -2.22. The molecule has 5 aromatic rings. The first-order valence-electron chi connectivity index (χ1n) is 13.0. The van der Waals surface area contributed by atoms with E-state index >= 15 is 0 Å². The molecule has 9 heteroatoms. The third kappa shape index (κ3) is 5.49. The van der Waals surface area contributed by atoms with Crippen molar-refractivity contribution in [3.63, 3.8) is 0 Å². The summed E-state index contributed by atoms with van der Waals surface area (Å²) in [7, 11) is 2.10. The molecule has 3 aromatic heterocycles. The molecule has 0 bridgehead atoms. The van der Waals surface area contributed by atoms with Gasteiger partial charge in [0, 0.05) is 35.8 Å². The van der Waals surface area contributed by atoms with Gasteiger partial charge in [0.25, 0.3) is 0 Å². The molecular formula is C30H29N7O2. The van der Waals surface area contributed by atoms with E-state index in [9.17, 15) is 4.79 Å². The third-order valence-corrected chi connectivity index (χ3v) is 7.08. The summed E-state index contributed by atoms with van der Waals surface area (Å²) in [6, 6.07) is 15.8. The average Bonchev–Trinajstić information content (AvgIpc) is 3.57. The summed E-state index contributed by atoms with van der Waals surface area (Å²) < 4.78 is 7.78. The van der Waals surface area contributed by atoms with Gasteiger partial charge in [0.2, 0.25) is 0 Å². The Kier molecular flexibility index (Phi) is 6.73. The number of anilines is 2. The molecule has 0 radical (unpaired) electrons. The summed E-state index contributed by atoms with van der Waals surface area (Å²) in [4.78, 5) is 28.1. The maximum Gasteiger partial charge on any atom is 0.159 e. The number of aromatic nitrogens is 5. The normalized spacial score (nSPS) is 15.9. The highest BCUT2D eigenvalue weighted by Gasteiger charge is 2.18. The van der Waals surface area contributed by atoms with Gasteiger partial charge in [0.05, 0.1) is 5.52 Å². The number of carbonyl (C=O) groups is 1. The first-order valence-corrected chi connectivity index (χ1v) is 13.0. The monoisotopic (exact) mass is 519 g/mol. The van der Waals surface area contributed by atoms with E-state index < -0.39 is 0 Å². The van der Waals surface area contributed by atoms with Gasteiger partial charge in [-0.05, 0) is 87.0 Å². The van der Waals surface area contributed by atoms with E-state index in [-0.39, 0.29) is 5.78 Å². The minimum Gasteiger partial charge on any atom is -0.457 e. The Morgan fingerprint density at radius 2 is 2.03 bits per heavy atom. The van der Waals surface area contributed by atoms with Crippen molar-refractivity contribution in [2.45, 2.75) is 32.2 Å². The largest absolute Gasteiger partial charge is 0.457 e. The SMILES string of the molecule is Cc1cc(Nc2ncnc3ccc(CC(=O)/C=C/[C@H]4CCCN4C)cc23)ccc1Oc1ccn2ncnc2c1. The predicted molar refractivity (Wildman–Crippen MR) is 151 cm³/mol. The van der Waals surface area contributed by atoms with Crippen molar-refractivity contribution < 1.29 is 9.53 Å². The van der Waals surface area contributed by atoms with Crippen molar-refractivity contribution in [2.75, 3.05) is 18.9 Å². The third-order valence-electron chi connectivity index (χ3n) is 7.08. The lowest BCUT2D eigenvalue weighted by atomic mass is 10.0. The van der Waals surface area contributed by atoms with Gasteiger partial charge in [-0.1, -0.05) is 12.1 Å². The van der Waals surface area contributed by atoms with Gasteiger partial charge < -0.3 is 10.1 Å². The number of benzene rings is 2. The first-order chi connectivity index (χ1) is 19.0. The molecule has 9 nitrogen and oxygen atoms in total. The number of ketones is 1. The van der Waals surface area contributed by atoms with Crippen molar-refractivity contribution in [2.24, 2.45) is 0 Å². The zero-order chi connectivity index (χ0) is 26.8. The number of hydrogen-bond acceptors (Lipinski definition) is 8. The van der Waals surface area contributed by atoms with E-state index in [1.807, 2.05) is 67.7 Å². The highest BCUT2D eigenvalue weighted by Crippen LogP contribution is 2.30. The predicted octanol–water partition coefficient (Wildman–Crippen LogP) is 5.28. The van der Waals surface area contributed by atoms with Gasteiger partial charge in [0.15, 0.2) is 11.4 Å². The van der Waals surface area contributed by atoms with Crippen LogP contribution in [-0.2, 0) is 11.2 Å². The van der Waals surface area contributed by atoms with Gasteiger partial charge in [0.1, 0.15) is 30.0 Å². The second-order valence-corrected chi connectivity index (χ2v) is 9.90. The molecule has 0 aliphatic carbocycles. The molecule has 1 saturated heterocycles. The number of hydrogen-bond donors (Lipinski definition) is 1. The van der Waals surface area contributed by atoms with Gasteiger partial charge in [-0.15, -0.1) is 0 Å². The number of likely N-dealkylation sites (N-methyl/N-ethyl adjacent to an activating group) is 1. The summed E-state index contributed by atoms with van der Waals surface area (Å²) in [5.74, 6) is 2.21. The zero-order valence-corrected chi connectivity index (χ0v) is 21.9. The molecule has 2 aromatic carbocycles. The summed E-state index contributed by atoms with van der Waals surface area (Å²) in [6.07, 6.45) is 11.3. The lowest BCUT2D eigenvalue weighted by molar-refractivity contribution is -0.114. The van der Waals surface area contributed by atoms with Crippen LogP contribution in [0, 0.1) is 6.92 Å².